The molecule has 2 aromatic carbocycles. The molecular weight excluding hydrogens is 643 g/mol. The number of nitrogens with one attached hydrogen (secondary N) is 1. The number of likely N-dealkylation sites (tertiary alicyclic amines) is 1. The summed E-state index contributed by atoms with van der Waals surface area (Å²) in [5.41, 5.74) is 0.882. The number of aryl methyl sites for hydroxylation is 1. The Kier molecular flexibility index (Phi) is 10.2. The Morgan fingerprint density at radius 1 is 1.22 bits per heavy atom. The third-order valence-corrected chi connectivity index (χ3v) is 10.2. The average molecular weight is 688 g/mol. The highest BCUT2D eigenvalue weighted by molar-refractivity contribution is 6.10. The van der Waals surface area contributed by atoms with Gasteiger partial charge in [0.05, 0.1) is 24.1 Å². The van der Waals surface area contributed by atoms with Crippen LogP contribution in [0.5, 0.6) is 0 Å². The minimum absolute atomic E-state index is 0.00221. The molecule has 6 rings (SSSR count). The molecule has 1 saturated carbocycles. The summed E-state index contributed by atoms with van der Waals surface area (Å²) in [5.74, 6) is 3.21. The summed E-state index contributed by atoms with van der Waals surface area (Å²) < 4.78 is 45.7. The lowest BCUT2D eigenvalue weighted by molar-refractivity contribution is -0.138. The smallest absolute Gasteiger partial charge is 0.349 e. The Morgan fingerprint density at radius 3 is 2.72 bits per heavy atom. The number of terminal acetylenes is 1. The summed E-state index contributed by atoms with van der Waals surface area (Å²) >= 11 is 0. The molecule has 1 aliphatic carbocycles. The van der Waals surface area contributed by atoms with Gasteiger partial charge in [-0.25, -0.2) is 0 Å². The number of halogens is 3. The van der Waals surface area contributed by atoms with Crippen LogP contribution in [-0.2, 0) is 36.5 Å². The van der Waals surface area contributed by atoms with E-state index in [2.05, 4.69) is 33.3 Å². The Bertz CT molecular complexity index is 1800. The molecule has 0 unspecified atom stereocenters. The zero-order chi connectivity index (χ0) is 35.6. The maximum atomic E-state index is 14.6. The number of likely N-dealkylation sites (N-methyl/N-ethyl adjacent to an activating group) is 1. The highest BCUT2D eigenvalue weighted by Crippen LogP contribution is 2.52. The van der Waals surface area contributed by atoms with Crippen LogP contribution in [0.3, 0.4) is 0 Å². The lowest BCUT2D eigenvalue weighted by Crippen LogP contribution is -2.43. The summed E-state index contributed by atoms with van der Waals surface area (Å²) in [7, 11) is 3.77. The van der Waals surface area contributed by atoms with Gasteiger partial charge in [-0.05, 0) is 86.1 Å². The van der Waals surface area contributed by atoms with E-state index >= 15 is 0 Å². The van der Waals surface area contributed by atoms with Crippen molar-refractivity contribution in [3.05, 3.63) is 88.5 Å². The van der Waals surface area contributed by atoms with E-state index in [1.165, 1.54) is 17.0 Å². The number of fused-ring (bicyclic) bond motifs is 1. The lowest BCUT2D eigenvalue weighted by Gasteiger charge is -2.46. The van der Waals surface area contributed by atoms with Crippen LogP contribution >= 0.6 is 0 Å². The third-order valence-electron chi connectivity index (χ3n) is 10.2. The van der Waals surface area contributed by atoms with Crippen LogP contribution in [0.15, 0.2) is 54.9 Å². The number of carbonyl (C=O) groups is 2. The Morgan fingerprint density at radius 2 is 2.02 bits per heavy atom. The first kappa shape index (κ1) is 35.4. The second kappa shape index (κ2) is 14.4. The number of carbonyl (C=O) groups excluding carboxylic acids is 2. The van der Waals surface area contributed by atoms with E-state index in [0.717, 1.165) is 43.5 Å². The normalized spacial score (nSPS) is 22.8. The van der Waals surface area contributed by atoms with Crippen LogP contribution < -0.4 is 10.2 Å². The highest BCUT2D eigenvalue weighted by Gasteiger charge is 2.48. The fourth-order valence-electron chi connectivity index (χ4n) is 7.94. The van der Waals surface area contributed by atoms with Crippen LogP contribution in [-0.4, -0.2) is 75.6 Å². The van der Waals surface area contributed by atoms with Crippen LogP contribution in [0.4, 0.5) is 18.9 Å². The van der Waals surface area contributed by atoms with E-state index < -0.39 is 17.6 Å². The number of rotatable bonds is 10. The molecule has 1 atom stereocenters. The van der Waals surface area contributed by atoms with Crippen molar-refractivity contribution in [1.29, 1.82) is 0 Å². The fraction of sp³-hybridized carbons (Fsp3) is 0.474. The molecule has 264 valence electrons. The van der Waals surface area contributed by atoms with Gasteiger partial charge in [-0.3, -0.25) is 19.4 Å². The largest absolute Gasteiger partial charge is 0.416 e. The van der Waals surface area contributed by atoms with E-state index in [0.29, 0.717) is 43.3 Å². The first-order chi connectivity index (χ1) is 23.9. The number of aromatic nitrogens is 3. The molecular formula is C38H44F3N7O2. The van der Waals surface area contributed by atoms with Gasteiger partial charge in [-0.2, -0.15) is 13.2 Å². The second-order valence-corrected chi connectivity index (χ2v) is 14.2. The maximum absolute atomic E-state index is 14.6. The molecule has 2 aliphatic heterocycles. The summed E-state index contributed by atoms with van der Waals surface area (Å²) in [4.78, 5) is 32.0. The van der Waals surface area contributed by atoms with E-state index in [9.17, 15) is 22.8 Å². The molecule has 3 aliphatic rings. The molecule has 12 heteroatoms. The van der Waals surface area contributed by atoms with Crippen molar-refractivity contribution in [2.75, 3.05) is 38.1 Å². The molecule has 2 amide bonds. The molecule has 1 saturated heterocycles. The van der Waals surface area contributed by atoms with Crippen LogP contribution in [0.1, 0.15) is 77.5 Å². The molecule has 1 aromatic heterocycles. The predicted octanol–water partition coefficient (Wildman–Crippen LogP) is 5.30. The van der Waals surface area contributed by atoms with Crippen molar-refractivity contribution in [3.63, 3.8) is 0 Å². The van der Waals surface area contributed by atoms with Gasteiger partial charge >= 0.3 is 6.18 Å². The summed E-state index contributed by atoms with van der Waals surface area (Å²) in [6, 6.07) is 10.2. The van der Waals surface area contributed by atoms with Crippen molar-refractivity contribution in [2.24, 2.45) is 13.0 Å². The van der Waals surface area contributed by atoms with Crippen LogP contribution in [0.2, 0.25) is 0 Å². The van der Waals surface area contributed by atoms with Crippen molar-refractivity contribution in [2.45, 2.75) is 69.8 Å². The Hall–Kier alpha value is -4.47. The van der Waals surface area contributed by atoms with Crippen molar-refractivity contribution in [1.82, 2.24) is 29.9 Å². The summed E-state index contributed by atoms with van der Waals surface area (Å²) in [6.07, 6.45) is 9.85. The summed E-state index contributed by atoms with van der Waals surface area (Å²) in [5, 5.41) is 11.6. The molecule has 1 N–H and O–H groups in total. The van der Waals surface area contributed by atoms with Crippen LogP contribution in [0, 0.1) is 18.3 Å². The minimum Gasteiger partial charge on any atom is -0.349 e. The maximum Gasteiger partial charge on any atom is 0.416 e. The zero-order valence-electron chi connectivity index (χ0n) is 28.8. The second-order valence-electron chi connectivity index (χ2n) is 14.2. The van der Waals surface area contributed by atoms with Crippen molar-refractivity contribution in [3.8, 4) is 12.3 Å². The average Bonchev–Trinajstić information content (AvgIpc) is 3.55. The van der Waals surface area contributed by atoms with Gasteiger partial charge in [-0.1, -0.05) is 37.5 Å². The lowest BCUT2D eigenvalue weighted by atomic mass is 9.58. The van der Waals surface area contributed by atoms with E-state index in [4.69, 9.17) is 6.42 Å². The van der Waals surface area contributed by atoms with Gasteiger partial charge in [-0.15, -0.1) is 16.6 Å². The van der Waals surface area contributed by atoms with Crippen molar-refractivity contribution >= 4 is 17.5 Å². The van der Waals surface area contributed by atoms with Gasteiger partial charge in [0, 0.05) is 50.1 Å². The van der Waals surface area contributed by atoms with E-state index in [1.807, 2.05) is 41.8 Å². The molecule has 3 heterocycles. The molecule has 2 fully saturated rings. The van der Waals surface area contributed by atoms with E-state index in [1.54, 1.807) is 24.5 Å². The first-order valence-corrected chi connectivity index (χ1v) is 17.2. The van der Waals surface area contributed by atoms with Crippen LogP contribution in [0.25, 0.3) is 0 Å². The van der Waals surface area contributed by atoms with Gasteiger partial charge < -0.3 is 14.8 Å². The number of hydrogen-bond donors (Lipinski definition) is 1. The molecule has 3 aromatic rings. The first-order valence-electron chi connectivity index (χ1n) is 17.2. The molecule has 0 spiro atoms. The Balaban J connectivity index is 1.21. The van der Waals surface area contributed by atoms with Gasteiger partial charge in [0.25, 0.3) is 5.91 Å². The quantitative estimate of drug-likeness (QED) is 0.230. The fourth-order valence-corrected chi connectivity index (χ4v) is 7.94. The van der Waals surface area contributed by atoms with Gasteiger partial charge in [0.2, 0.25) is 5.91 Å². The predicted molar refractivity (Wildman–Crippen MR) is 185 cm³/mol. The standard InChI is InChI=1S/C38H44F3N7O2/c1-5-14-45(3)15-9-13-34(49)43-29-11-6-7-16-47(23-29)22-27-17-31-32(33(18-27)38(39,40)41)24-48(35(31)50)30-12-8-10-28(19-30)37(20-26(2)21-37)36-44-42-25-46(36)4/h1,8-10,12-13,17-19,25-26,29H,6-7,11,14-16,20-24H2,2-4H3,(H,43,49)/b13-9+/t26?,29-,37?/m0/s1. The molecule has 50 heavy (non-hydrogen) atoms. The number of alkyl halides is 3. The van der Waals surface area contributed by atoms with E-state index in [-0.39, 0.29) is 41.6 Å². The number of hydrogen-bond acceptors (Lipinski definition) is 6. The van der Waals surface area contributed by atoms with Gasteiger partial charge in [0.1, 0.15) is 12.2 Å². The van der Waals surface area contributed by atoms with Gasteiger partial charge in [0.15, 0.2) is 0 Å². The molecule has 9 nitrogen and oxygen atoms in total. The number of amides is 2. The number of benzene rings is 2. The Labute approximate surface area is 291 Å². The monoisotopic (exact) mass is 687 g/mol. The molecule has 0 radical (unpaired) electrons. The topological polar surface area (TPSA) is 86.6 Å². The molecule has 0 bridgehead atoms. The number of anilines is 1. The summed E-state index contributed by atoms with van der Waals surface area (Å²) in [6.45, 7) is 4.44. The number of nitrogens with zero attached hydrogens (tertiary/aromatic N) is 6. The SMILES string of the molecule is C#CCN(C)C/C=C/C(=O)N[C@H]1CCCCN(Cc2cc3c(c(C(F)(F)F)c2)CN(c2cccc(C4(c5nncn5C)CC(C)C4)c2)C3=O)C1. The van der Waals surface area contributed by atoms with Crippen molar-refractivity contribution < 1.29 is 22.8 Å². The third kappa shape index (κ3) is 7.35. The minimum atomic E-state index is -4.63. The highest BCUT2D eigenvalue weighted by atomic mass is 19.4. The zero-order valence-corrected chi connectivity index (χ0v) is 28.8.